The largest absolute Gasteiger partial charge is 0.490 e. The van der Waals surface area contributed by atoms with Crippen molar-refractivity contribution in [3.8, 4) is 5.75 Å². The summed E-state index contributed by atoms with van der Waals surface area (Å²) in [6, 6.07) is 22.0. The Morgan fingerprint density at radius 2 is 1.73 bits per heavy atom. The van der Waals surface area contributed by atoms with Crippen LogP contribution in [0.15, 0.2) is 66.7 Å². The zero-order valence-corrected chi connectivity index (χ0v) is 17.5. The van der Waals surface area contributed by atoms with Crippen LogP contribution in [0, 0.1) is 0 Å². The topological polar surface area (TPSA) is 83.3 Å². The normalized spacial score (nSPS) is 13.0. The molecule has 0 saturated carbocycles. The number of para-hydroxylation sites is 1. The van der Waals surface area contributed by atoms with Gasteiger partial charge in [0.1, 0.15) is 18.5 Å². The second kappa shape index (κ2) is 8.38. The highest BCUT2D eigenvalue weighted by Crippen LogP contribution is 2.33. The molecule has 5 N–H and O–H groups in total. The molecule has 0 bridgehead atoms. The maximum atomic E-state index is 10.5. The first-order valence-corrected chi connectivity index (χ1v) is 10.3. The first-order valence-electron chi connectivity index (χ1n) is 10.3. The molecular formula is C25H29N3O2. The third-order valence-corrected chi connectivity index (χ3v) is 5.37. The molecule has 5 heteroatoms. The standard InChI is InChI=1S/C25H29N3O2/c1-25(2,14-17-10-12-18(26)13-11-17)27-15-19(29)16-30-23-9-5-8-22-24(23)20-6-3-4-7-21(20)28-22/h3-13,19,27-29H,14-16,26H2,1-2H3. The van der Waals surface area contributed by atoms with Crippen molar-refractivity contribution in [1.82, 2.24) is 10.3 Å². The number of nitrogens with one attached hydrogen (secondary N) is 2. The van der Waals surface area contributed by atoms with Gasteiger partial charge in [-0.2, -0.15) is 0 Å². The SMILES string of the molecule is CC(C)(Cc1ccc(N)cc1)NCC(O)COc1cccc2[nH]c3ccccc3c12. The first-order chi connectivity index (χ1) is 14.4. The number of rotatable bonds is 8. The van der Waals surface area contributed by atoms with Crippen LogP contribution in [0.25, 0.3) is 21.8 Å². The molecule has 0 fully saturated rings. The van der Waals surface area contributed by atoms with Crippen LogP contribution in [0.1, 0.15) is 19.4 Å². The van der Waals surface area contributed by atoms with E-state index in [9.17, 15) is 5.11 Å². The second-order valence-electron chi connectivity index (χ2n) is 8.50. The Hall–Kier alpha value is -3.02. The lowest BCUT2D eigenvalue weighted by molar-refractivity contribution is 0.0996. The quantitative estimate of drug-likeness (QED) is 0.331. The predicted molar refractivity (Wildman–Crippen MR) is 124 cm³/mol. The van der Waals surface area contributed by atoms with E-state index in [1.165, 1.54) is 5.56 Å². The van der Waals surface area contributed by atoms with Gasteiger partial charge in [-0.05, 0) is 56.2 Å². The van der Waals surface area contributed by atoms with Gasteiger partial charge in [0.25, 0.3) is 0 Å². The van der Waals surface area contributed by atoms with E-state index in [0.29, 0.717) is 6.54 Å². The van der Waals surface area contributed by atoms with E-state index < -0.39 is 6.10 Å². The highest BCUT2D eigenvalue weighted by atomic mass is 16.5. The van der Waals surface area contributed by atoms with Crippen LogP contribution < -0.4 is 15.8 Å². The van der Waals surface area contributed by atoms with Crippen molar-refractivity contribution in [2.75, 3.05) is 18.9 Å². The Morgan fingerprint density at radius 1 is 1.00 bits per heavy atom. The van der Waals surface area contributed by atoms with Crippen molar-refractivity contribution in [2.45, 2.75) is 31.9 Å². The highest BCUT2D eigenvalue weighted by molar-refractivity contribution is 6.10. The Balaban J connectivity index is 1.37. The molecule has 0 aliphatic heterocycles. The fourth-order valence-corrected chi connectivity index (χ4v) is 3.84. The van der Waals surface area contributed by atoms with Crippen LogP contribution >= 0.6 is 0 Å². The van der Waals surface area contributed by atoms with Gasteiger partial charge in [-0.25, -0.2) is 0 Å². The molecule has 0 saturated heterocycles. The number of hydrogen-bond acceptors (Lipinski definition) is 4. The van der Waals surface area contributed by atoms with Crippen molar-refractivity contribution in [1.29, 1.82) is 0 Å². The predicted octanol–water partition coefficient (Wildman–Crippen LogP) is 4.25. The Labute approximate surface area is 176 Å². The summed E-state index contributed by atoms with van der Waals surface area (Å²) in [6.07, 6.45) is 0.228. The number of aliphatic hydroxyl groups is 1. The molecule has 156 valence electrons. The molecule has 0 aliphatic rings. The molecule has 0 spiro atoms. The Kier molecular flexibility index (Phi) is 5.66. The maximum Gasteiger partial charge on any atom is 0.129 e. The monoisotopic (exact) mass is 403 g/mol. The van der Waals surface area contributed by atoms with E-state index in [1.54, 1.807) is 0 Å². The summed E-state index contributed by atoms with van der Waals surface area (Å²) in [5.41, 5.74) is 9.69. The molecule has 4 rings (SSSR count). The molecule has 1 aromatic heterocycles. The number of nitrogen functional groups attached to an aromatic ring is 1. The van der Waals surface area contributed by atoms with E-state index in [1.807, 2.05) is 54.6 Å². The molecule has 0 aliphatic carbocycles. The number of hydrogen-bond donors (Lipinski definition) is 4. The fraction of sp³-hybridized carbons (Fsp3) is 0.280. The summed E-state index contributed by atoms with van der Waals surface area (Å²) >= 11 is 0. The van der Waals surface area contributed by atoms with E-state index in [2.05, 4.69) is 36.3 Å². The molecule has 3 aromatic carbocycles. The maximum absolute atomic E-state index is 10.5. The number of fused-ring (bicyclic) bond motifs is 3. The van der Waals surface area contributed by atoms with E-state index in [4.69, 9.17) is 10.5 Å². The van der Waals surface area contributed by atoms with Crippen LogP contribution in [-0.2, 0) is 6.42 Å². The van der Waals surface area contributed by atoms with Crippen LogP contribution in [-0.4, -0.2) is 34.9 Å². The summed E-state index contributed by atoms with van der Waals surface area (Å²) in [7, 11) is 0. The molecule has 1 heterocycles. The fourth-order valence-electron chi connectivity index (χ4n) is 3.84. The minimum absolute atomic E-state index is 0.159. The summed E-state index contributed by atoms with van der Waals surface area (Å²) in [5, 5.41) is 16.1. The van der Waals surface area contributed by atoms with Gasteiger partial charge in [0.15, 0.2) is 0 Å². The van der Waals surface area contributed by atoms with Crippen LogP contribution in [0.5, 0.6) is 5.75 Å². The molecule has 1 atom stereocenters. The summed E-state index contributed by atoms with van der Waals surface area (Å²) in [4.78, 5) is 3.42. The van der Waals surface area contributed by atoms with E-state index >= 15 is 0 Å². The molecule has 5 nitrogen and oxygen atoms in total. The summed E-state index contributed by atoms with van der Waals surface area (Å²) < 4.78 is 6.02. The van der Waals surface area contributed by atoms with E-state index in [-0.39, 0.29) is 12.1 Å². The van der Waals surface area contributed by atoms with Gasteiger partial charge >= 0.3 is 0 Å². The smallest absolute Gasteiger partial charge is 0.129 e. The minimum Gasteiger partial charge on any atom is -0.490 e. The summed E-state index contributed by atoms with van der Waals surface area (Å²) in [5.74, 6) is 0.783. The lowest BCUT2D eigenvalue weighted by Gasteiger charge is -2.28. The van der Waals surface area contributed by atoms with Crippen LogP contribution in [0.3, 0.4) is 0 Å². The average Bonchev–Trinajstić information content (AvgIpc) is 3.11. The highest BCUT2D eigenvalue weighted by Gasteiger charge is 2.20. The molecule has 0 amide bonds. The zero-order chi connectivity index (χ0) is 21.1. The number of aromatic amines is 1. The molecule has 30 heavy (non-hydrogen) atoms. The zero-order valence-electron chi connectivity index (χ0n) is 17.5. The number of β-amino-alcohol motifs (C(OH)–C–C–N with tert-alkyl or cyclic N) is 1. The number of aromatic nitrogens is 1. The van der Waals surface area contributed by atoms with Crippen LogP contribution in [0.4, 0.5) is 5.69 Å². The number of aliphatic hydroxyl groups excluding tert-OH is 1. The Bertz CT molecular complexity index is 1130. The van der Waals surface area contributed by atoms with Gasteiger partial charge in [-0.15, -0.1) is 0 Å². The number of benzene rings is 3. The van der Waals surface area contributed by atoms with Gasteiger partial charge in [0.2, 0.25) is 0 Å². The molecule has 0 radical (unpaired) electrons. The molecular weight excluding hydrogens is 374 g/mol. The van der Waals surface area contributed by atoms with Crippen molar-refractivity contribution >= 4 is 27.5 Å². The third kappa shape index (κ3) is 4.58. The van der Waals surface area contributed by atoms with Gasteiger partial charge < -0.3 is 25.9 Å². The van der Waals surface area contributed by atoms with Crippen molar-refractivity contribution in [3.63, 3.8) is 0 Å². The van der Waals surface area contributed by atoms with Crippen molar-refractivity contribution in [2.24, 2.45) is 0 Å². The van der Waals surface area contributed by atoms with Crippen LogP contribution in [0.2, 0.25) is 0 Å². The van der Waals surface area contributed by atoms with Gasteiger partial charge in [0, 0.05) is 34.1 Å². The minimum atomic E-state index is -0.615. The summed E-state index contributed by atoms with van der Waals surface area (Å²) in [6.45, 7) is 4.93. The first kappa shape index (κ1) is 20.3. The average molecular weight is 404 g/mol. The van der Waals surface area contributed by atoms with Gasteiger partial charge in [0.05, 0.1) is 5.52 Å². The van der Waals surface area contributed by atoms with Crippen molar-refractivity contribution in [3.05, 3.63) is 72.3 Å². The van der Waals surface area contributed by atoms with E-state index in [0.717, 1.165) is 39.7 Å². The number of H-pyrrole nitrogens is 1. The molecule has 1 unspecified atom stereocenters. The van der Waals surface area contributed by atoms with Gasteiger partial charge in [-0.1, -0.05) is 36.4 Å². The third-order valence-electron chi connectivity index (χ3n) is 5.37. The van der Waals surface area contributed by atoms with Gasteiger partial charge in [-0.3, -0.25) is 0 Å². The number of anilines is 1. The lowest BCUT2D eigenvalue weighted by Crippen LogP contribution is -2.46. The lowest BCUT2D eigenvalue weighted by atomic mass is 9.94. The number of ether oxygens (including phenoxy) is 1. The Morgan fingerprint density at radius 3 is 2.53 bits per heavy atom. The number of nitrogens with two attached hydrogens (primary N) is 1. The second-order valence-corrected chi connectivity index (χ2v) is 8.50. The molecule has 4 aromatic rings. The van der Waals surface area contributed by atoms with Crippen molar-refractivity contribution < 1.29 is 9.84 Å².